The molecule has 0 aliphatic carbocycles. The summed E-state index contributed by atoms with van der Waals surface area (Å²) in [6, 6.07) is 13.3. The lowest BCUT2D eigenvalue weighted by Gasteiger charge is -2.30. The number of carbonyl (C=O) groups is 2. The fourth-order valence-electron chi connectivity index (χ4n) is 4.30. The van der Waals surface area contributed by atoms with Crippen LogP contribution in [0.15, 0.2) is 53.4 Å². The summed E-state index contributed by atoms with van der Waals surface area (Å²) in [6.45, 7) is 3.86. The van der Waals surface area contributed by atoms with Crippen LogP contribution in [0.25, 0.3) is 0 Å². The van der Waals surface area contributed by atoms with E-state index in [1.165, 1.54) is 12.1 Å². The van der Waals surface area contributed by atoms with Crippen molar-refractivity contribution in [2.24, 2.45) is 5.92 Å². The quantitative estimate of drug-likeness (QED) is 0.741. The van der Waals surface area contributed by atoms with E-state index in [-0.39, 0.29) is 16.7 Å². The summed E-state index contributed by atoms with van der Waals surface area (Å²) in [5, 5.41) is 2.80. The average molecular weight is 456 g/mol. The molecule has 8 heteroatoms. The van der Waals surface area contributed by atoms with Gasteiger partial charge in [-0.2, -0.15) is 4.31 Å². The zero-order valence-corrected chi connectivity index (χ0v) is 19.1. The summed E-state index contributed by atoms with van der Waals surface area (Å²) in [6.07, 6.45) is 4.39. The smallest absolute Gasteiger partial charge is 0.255 e. The van der Waals surface area contributed by atoms with Crippen LogP contribution in [0.4, 0.5) is 11.4 Å². The van der Waals surface area contributed by atoms with Gasteiger partial charge in [0, 0.05) is 43.0 Å². The first-order valence-electron chi connectivity index (χ1n) is 11.2. The number of anilines is 2. The number of benzene rings is 2. The van der Waals surface area contributed by atoms with Crippen LogP contribution in [-0.2, 0) is 14.8 Å². The predicted molar refractivity (Wildman–Crippen MR) is 124 cm³/mol. The van der Waals surface area contributed by atoms with E-state index in [2.05, 4.69) is 12.2 Å². The highest BCUT2D eigenvalue weighted by molar-refractivity contribution is 7.89. The summed E-state index contributed by atoms with van der Waals surface area (Å²) in [7, 11) is -3.52. The first-order valence-corrected chi connectivity index (χ1v) is 12.6. The lowest BCUT2D eigenvalue weighted by atomic mass is 10.0. The van der Waals surface area contributed by atoms with Crippen molar-refractivity contribution >= 4 is 33.2 Å². The zero-order valence-electron chi connectivity index (χ0n) is 18.3. The summed E-state index contributed by atoms with van der Waals surface area (Å²) >= 11 is 0. The lowest BCUT2D eigenvalue weighted by molar-refractivity contribution is -0.119. The molecule has 4 rings (SSSR count). The number of hydrogen-bond donors (Lipinski definition) is 1. The molecule has 1 N–H and O–H groups in total. The molecule has 1 unspecified atom stereocenters. The molecule has 2 saturated heterocycles. The van der Waals surface area contributed by atoms with E-state index >= 15 is 0 Å². The van der Waals surface area contributed by atoms with Crippen LogP contribution in [0.1, 0.15) is 49.4 Å². The molecule has 2 aliphatic rings. The van der Waals surface area contributed by atoms with E-state index in [1.54, 1.807) is 45.6 Å². The van der Waals surface area contributed by atoms with Gasteiger partial charge < -0.3 is 10.2 Å². The second kappa shape index (κ2) is 9.42. The maximum absolute atomic E-state index is 12.9. The van der Waals surface area contributed by atoms with Crippen molar-refractivity contribution < 1.29 is 18.0 Å². The molecule has 32 heavy (non-hydrogen) atoms. The minimum absolute atomic E-state index is 0.113. The van der Waals surface area contributed by atoms with Gasteiger partial charge in [0.1, 0.15) is 0 Å². The van der Waals surface area contributed by atoms with E-state index in [9.17, 15) is 18.0 Å². The Bertz CT molecular complexity index is 1080. The highest BCUT2D eigenvalue weighted by atomic mass is 32.2. The SMILES string of the molecule is CC1CCCN(S(=O)(=O)c2ccc(NC(=O)c3ccc(N4CCCCC4=O)cc3)cc2)C1. The molecule has 0 spiro atoms. The van der Waals surface area contributed by atoms with Crippen molar-refractivity contribution in [3.63, 3.8) is 0 Å². The minimum atomic E-state index is -3.52. The summed E-state index contributed by atoms with van der Waals surface area (Å²) in [4.78, 5) is 26.7. The molecule has 0 saturated carbocycles. The molecule has 2 heterocycles. The monoisotopic (exact) mass is 455 g/mol. The third-order valence-corrected chi connectivity index (χ3v) is 8.01. The Morgan fingerprint density at radius 2 is 1.69 bits per heavy atom. The molecule has 2 aromatic rings. The zero-order chi connectivity index (χ0) is 22.7. The molecule has 7 nitrogen and oxygen atoms in total. The van der Waals surface area contributed by atoms with Crippen LogP contribution in [-0.4, -0.2) is 44.2 Å². The van der Waals surface area contributed by atoms with Crippen LogP contribution >= 0.6 is 0 Å². The van der Waals surface area contributed by atoms with Crippen LogP contribution in [0.5, 0.6) is 0 Å². The van der Waals surface area contributed by atoms with Crippen molar-refractivity contribution in [1.29, 1.82) is 0 Å². The van der Waals surface area contributed by atoms with Gasteiger partial charge in [0.05, 0.1) is 4.90 Å². The second-order valence-corrected chi connectivity index (χ2v) is 10.6. The molecular formula is C24H29N3O4S. The van der Waals surface area contributed by atoms with Gasteiger partial charge in [-0.3, -0.25) is 9.59 Å². The highest BCUT2D eigenvalue weighted by Crippen LogP contribution is 2.25. The van der Waals surface area contributed by atoms with E-state index in [1.807, 2.05) is 0 Å². The van der Waals surface area contributed by atoms with Crippen LogP contribution in [0.3, 0.4) is 0 Å². The Morgan fingerprint density at radius 1 is 0.969 bits per heavy atom. The normalized spacial score (nSPS) is 20.2. The number of nitrogens with one attached hydrogen (secondary N) is 1. The van der Waals surface area contributed by atoms with E-state index in [0.29, 0.717) is 43.2 Å². The summed E-state index contributed by atoms with van der Waals surface area (Å²) in [5.74, 6) is 0.181. The molecular weight excluding hydrogens is 426 g/mol. The molecule has 2 amide bonds. The molecule has 2 aliphatic heterocycles. The number of carbonyl (C=O) groups excluding carboxylic acids is 2. The van der Waals surface area contributed by atoms with Gasteiger partial charge in [0.2, 0.25) is 15.9 Å². The number of hydrogen-bond acceptors (Lipinski definition) is 4. The molecule has 2 aromatic carbocycles. The maximum Gasteiger partial charge on any atom is 0.255 e. The fraction of sp³-hybridized carbons (Fsp3) is 0.417. The molecule has 2 fully saturated rings. The standard InChI is InChI=1S/C24H29N3O4S/c1-18-5-4-15-26(17-18)32(30,31)22-13-9-20(10-14-22)25-24(29)19-7-11-21(12-8-19)27-16-3-2-6-23(27)28/h7-14,18H,2-6,15-17H2,1H3,(H,25,29). The highest BCUT2D eigenvalue weighted by Gasteiger charge is 2.28. The summed E-state index contributed by atoms with van der Waals surface area (Å²) in [5.41, 5.74) is 1.79. The fourth-order valence-corrected chi connectivity index (χ4v) is 5.90. The van der Waals surface area contributed by atoms with Crippen molar-refractivity contribution in [3.05, 3.63) is 54.1 Å². The third kappa shape index (κ3) is 4.86. The second-order valence-electron chi connectivity index (χ2n) is 8.64. The third-order valence-electron chi connectivity index (χ3n) is 6.13. The van der Waals surface area contributed by atoms with Crippen LogP contribution < -0.4 is 10.2 Å². The maximum atomic E-state index is 12.9. The van der Waals surface area contributed by atoms with Crippen molar-refractivity contribution in [3.8, 4) is 0 Å². The van der Waals surface area contributed by atoms with E-state index in [0.717, 1.165) is 31.4 Å². The molecule has 170 valence electrons. The largest absolute Gasteiger partial charge is 0.322 e. The molecule has 0 aromatic heterocycles. The molecule has 0 bridgehead atoms. The van der Waals surface area contributed by atoms with Gasteiger partial charge in [0.15, 0.2) is 0 Å². The van der Waals surface area contributed by atoms with Crippen molar-refractivity contribution in [2.75, 3.05) is 29.9 Å². The van der Waals surface area contributed by atoms with Crippen LogP contribution in [0.2, 0.25) is 0 Å². The Morgan fingerprint density at radius 3 is 2.34 bits per heavy atom. The number of nitrogens with zero attached hydrogens (tertiary/aromatic N) is 2. The van der Waals surface area contributed by atoms with Crippen LogP contribution in [0, 0.1) is 5.92 Å². The average Bonchev–Trinajstić information content (AvgIpc) is 2.80. The predicted octanol–water partition coefficient (Wildman–Crippen LogP) is 3.88. The number of amides is 2. The van der Waals surface area contributed by atoms with Crippen molar-refractivity contribution in [1.82, 2.24) is 4.31 Å². The Balaban J connectivity index is 1.41. The van der Waals surface area contributed by atoms with Gasteiger partial charge in [-0.25, -0.2) is 8.42 Å². The van der Waals surface area contributed by atoms with Gasteiger partial charge in [-0.05, 0) is 80.1 Å². The van der Waals surface area contributed by atoms with E-state index in [4.69, 9.17) is 0 Å². The number of piperidine rings is 2. The molecule has 0 radical (unpaired) electrons. The van der Waals surface area contributed by atoms with Crippen molar-refractivity contribution in [2.45, 2.75) is 43.9 Å². The Hall–Kier alpha value is -2.71. The Kier molecular flexibility index (Phi) is 6.62. The first-order chi connectivity index (χ1) is 15.3. The Labute approximate surface area is 189 Å². The minimum Gasteiger partial charge on any atom is -0.322 e. The van der Waals surface area contributed by atoms with Gasteiger partial charge in [0.25, 0.3) is 5.91 Å². The number of sulfonamides is 1. The van der Waals surface area contributed by atoms with Gasteiger partial charge in [-0.15, -0.1) is 0 Å². The summed E-state index contributed by atoms with van der Waals surface area (Å²) < 4.78 is 27.3. The van der Waals surface area contributed by atoms with E-state index < -0.39 is 10.0 Å². The lowest BCUT2D eigenvalue weighted by Crippen LogP contribution is -2.39. The molecule has 1 atom stereocenters. The first kappa shape index (κ1) is 22.5. The van der Waals surface area contributed by atoms with Gasteiger partial charge in [-0.1, -0.05) is 6.92 Å². The van der Waals surface area contributed by atoms with Gasteiger partial charge >= 0.3 is 0 Å². The topological polar surface area (TPSA) is 86.8 Å². The number of rotatable bonds is 5.